The second kappa shape index (κ2) is 2.64. The van der Waals surface area contributed by atoms with Crippen LogP contribution in [0.15, 0.2) is 0 Å². The minimum Gasteiger partial charge on any atom is -0.295 e. The summed E-state index contributed by atoms with van der Waals surface area (Å²) in [6.07, 6.45) is 0.829. The van der Waals surface area contributed by atoms with Crippen molar-refractivity contribution < 1.29 is 4.79 Å². The molecule has 64 valence electrons. The van der Waals surface area contributed by atoms with Crippen molar-refractivity contribution in [3.05, 3.63) is 15.6 Å². The maximum absolute atomic E-state index is 10.4. The van der Waals surface area contributed by atoms with Crippen LogP contribution in [0.1, 0.15) is 33.3 Å². The van der Waals surface area contributed by atoms with Crippen molar-refractivity contribution in [3.8, 4) is 0 Å². The quantitative estimate of drug-likeness (QED) is 0.616. The van der Waals surface area contributed by atoms with E-state index in [2.05, 4.69) is 23.9 Å². The van der Waals surface area contributed by atoms with Crippen LogP contribution in [0.3, 0.4) is 0 Å². The van der Waals surface area contributed by atoms with E-state index < -0.39 is 0 Å². The molecule has 1 aromatic rings. The Labute approximate surface area is 75.0 Å². The van der Waals surface area contributed by atoms with Gasteiger partial charge < -0.3 is 0 Å². The van der Waals surface area contributed by atoms with E-state index in [0.717, 1.165) is 18.5 Å². The normalized spacial score (nSPS) is 22.7. The summed E-state index contributed by atoms with van der Waals surface area (Å²) in [5, 5.41) is 0.611. The van der Waals surface area contributed by atoms with Crippen molar-refractivity contribution in [1.29, 1.82) is 0 Å². The average Bonchev–Trinajstić information content (AvgIpc) is 2.55. The van der Waals surface area contributed by atoms with Gasteiger partial charge >= 0.3 is 0 Å². The molecule has 0 aliphatic carbocycles. The minimum absolute atomic E-state index is 0.422. The van der Waals surface area contributed by atoms with Gasteiger partial charge in [0.15, 0.2) is 11.3 Å². The number of hydrogen-bond donors (Lipinski definition) is 0. The Morgan fingerprint density at radius 2 is 2.50 bits per heavy atom. The molecule has 1 aliphatic rings. The fraction of sp³-hybridized carbons (Fsp3) is 0.500. The van der Waals surface area contributed by atoms with E-state index in [4.69, 9.17) is 0 Å². The Morgan fingerprint density at radius 1 is 1.75 bits per heavy atom. The average molecular weight is 182 g/mol. The van der Waals surface area contributed by atoms with Gasteiger partial charge in [0, 0.05) is 17.5 Å². The predicted octanol–water partition coefficient (Wildman–Crippen LogP) is 1.46. The Balaban J connectivity index is 2.42. The second-order valence-corrected chi connectivity index (χ2v) is 4.13. The third-order valence-corrected chi connectivity index (χ3v) is 3.48. The zero-order chi connectivity index (χ0) is 8.72. The third-order valence-electron chi connectivity index (χ3n) is 2.28. The number of hydrogen-bond acceptors (Lipinski definition) is 4. The standard InChI is InChI=1S/C8H10N2OS/c1-5-8-6(3-10(5)2)9-7(4-11)12-8/h4-5H,3H2,1-2H3. The van der Waals surface area contributed by atoms with Gasteiger partial charge in [-0.2, -0.15) is 0 Å². The fourth-order valence-electron chi connectivity index (χ4n) is 1.45. The molecule has 0 radical (unpaired) electrons. The molecule has 0 saturated carbocycles. The molecule has 0 spiro atoms. The summed E-state index contributed by atoms with van der Waals surface area (Å²) in [5.41, 5.74) is 1.08. The van der Waals surface area contributed by atoms with E-state index in [0.29, 0.717) is 11.0 Å². The summed E-state index contributed by atoms with van der Waals surface area (Å²) in [7, 11) is 2.07. The van der Waals surface area contributed by atoms with Gasteiger partial charge in [-0.1, -0.05) is 0 Å². The Bertz CT molecular complexity index is 321. The highest BCUT2D eigenvalue weighted by atomic mass is 32.1. The molecular weight excluding hydrogens is 172 g/mol. The lowest BCUT2D eigenvalue weighted by Crippen LogP contribution is -2.13. The molecular formula is C8H10N2OS. The van der Waals surface area contributed by atoms with Crippen LogP contribution < -0.4 is 0 Å². The molecule has 0 fully saturated rings. The van der Waals surface area contributed by atoms with Gasteiger partial charge in [0.25, 0.3) is 0 Å². The molecule has 1 unspecified atom stereocenters. The first kappa shape index (κ1) is 7.89. The molecule has 0 aromatic carbocycles. The van der Waals surface area contributed by atoms with Crippen molar-refractivity contribution in [3.63, 3.8) is 0 Å². The largest absolute Gasteiger partial charge is 0.295 e. The number of carbonyl (C=O) groups excluding carboxylic acids is 1. The molecule has 1 atom stereocenters. The SMILES string of the molecule is CC1c2sc(C=O)nc2CN1C. The van der Waals surface area contributed by atoms with E-state index in [1.807, 2.05) is 0 Å². The first-order chi connectivity index (χ1) is 5.72. The van der Waals surface area contributed by atoms with Crippen LogP contribution in [0.25, 0.3) is 0 Å². The smallest absolute Gasteiger partial charge is 0.178 e. The maximum atomic E-state index is 10.4. The molecule has 12 heavy (non-hydrogen) atoms. The van der Waals surface area contributed by atoms with Crippen LogP contribution in [0.2, 0.25) is 0 Å². The summed E-state index contributed by atoms with van der Waals surface area (Å²) in [6, 6.07) is 0.422. The van der Waals surface area contributed by atoms with Gasteiger partial charge in [0.1, 0.15) is 0 Å². The first-order valence-electron chi connectivity index (χ1n) is 3.87. The molecule has 1 aromatic heterocycles. The molecule has 1 aliphatic heterocycles. The molecule has 3 nitrogen and oxygen atoms in total. The lowest BCUT2D eigenvalue weighted by atomic mass is 10.3. The van der Waals surface area contributed by atoms with Crippen molar-refractivity contribution in [2.45, 2.75) is 19.5 Å². The van der Waals surface area contributed by atoms with Crippen LogP contribution >= 0.6 is 11.3 Å². The molecule has 4 heteroatoms. The van der Waals surface area contributed by atoms with Gasteiger partial charge in [-0.15, -0.1) is 11.3 Å². The van der Waals surface area contributed by atoms with Crippen molar-refractivity contribution >= 4 is 17.6 Å². The van der Waals surface area contributed by atoms with E-state index in [9.17, 15) is 4.79 Å². The molecule has 0 N–H and O–H groups in total. The summed E-state index contributed by atoms with van der Waals surface area (Å²) in [6.45, 7) is 3.01. The summed E-state index contributed by atoms with van der Waals surface area (Å²) in [4.78, 5) is 18.1. The molecule has 2 heterocycles. The zero-order valence-corrected chi connectivity index (χ0v) is 7.89. The summed E-state index contributed by atoms with van der Waals surface area (Å²) < 4.78 is 0. The van der Waals surface area contributed by atoms with E-state index in [1.165, 1.54) is 16.2 Å². The lowest BCUT2D eigenvalue weighted by molar-refractivity contribution is 0.112. The Morgan fingerprint density at radius 3 is 3.08 bits per heavy atom. The number of carbonyl (C=O) groups is 1. The van der Waals surface area contributed by atoms with Gasteiger partial charge in [-0.05, 0) is 14.0 Å². The summed E-state index contributed by atoms with van der Waals surface area (Å²) in [5.74, 6) is 0. The summed E-state index contributed by atoms with van der Waals surface area (Å²) >= 11 is 1.51. The van der Waals surface area contributed by atoms with Crippen LogP contribution in [0.4, 0.5) is 0 Å². The molecule has 0 bridgehead atoms. The number of aromatic nitrogens is 1. The van der Waals surface area contributed by atoms with Gasteiger partial charge in [0.05, 0.1) is 5.69 Å². The molecule has 0 saturated heterocycles. The zero-order valence-electron chi connectivity index (χ0n) is 7.07. The lowest BCUT2D eigenvalue weighted by Gasteiger charge is -2.13. The van der Waals surface area contributed by atoms with Gasteiger partial charge in [-0.3, -0.25) is 9.69 Å². The maximum Gasteiger partial charge on any atom is 0.178 e. The second-order valence-electron chi connectivity index (χ2n) is 3.07. The van der Waals surface area contributed by atoms with Crippen LogP contribution in [0, 0.1) is 0 Å². The van der Waals surface area contributed by atoms with Gasteiger partial charge in [0.2, 0.25) is 0 Å². The predicted molar refractivity (Wildman–Crippen MR) is 47.4 cm³/mol. The van der Waals surface area contributed by atoms with Crippen LogP contribution in [-0.2, 0) is 6.54 Å². The monoisotopic (exact) mass is 182 g/mol. The first-order valence-corrected chi connectivity index (χ1v) is 4.69. The number of aldehydes is 1. The van der Waals surface area contributed by atoms with Crippen LogP contribution in [0.5, 0.6) is 0 Å². The molecule has 2 rings (SSSR count). The van der Waals surface area contributed by atoms with Crippen molar-refractivity contribution in [1.82, 2.24) is 9.88 Å². The van der Waals surface area contributed by atoms with Crippen molar-refractivity contribution in [2.24, 2.45) is 0 Å². The third kappa shape index (κ3) is 0.990. The topological polar surface area (TPSA) is 33.2 Å². The fourth-order valence-corrected chi connectivity index (χ4v) is 2.45. The van der Waals surface area contributed by atoms with E-state index >= 15 is 0 Å². The van der Waals surface area contributed by atoms with E-state index in [1.54, 1.807) is 0 Å². The van der Waals surface area contributed by atoms with Crippen molar-refractivity contribution in [2.75, 3.05) is 7.05 Å². The van der Waals surface area contributed by atoms with Gasteiger partial charge in [-0.25, -0.2) is 4.98 Å². The molecule has 0 amide bonds. The van der Waals surface area contributed by atoms with Crippen LogP contribution in [-0.4, -0.2) is 23.2 Å². The Hall–Kier alpha value is -0.740. The minimum atomic E-state index is 0.422. The number of thiazole rings is 1. The highest BCUT2D eigenvalue weighted by molar-refractivity contribution is 7.13. The number of nitrogens with zero attached hydrogens (tertiary/aromatic N) is 2. The number of fused-ring (bicyclic) bond motifs is 1. The highest BCUT2D eigenvalue weighted by Gasteiger charge is 2.27. The number of rotatable bonds is 1. The highest BCUT2D eigenvalue weighted by Crippen LogP contribution is 2.35. The Kier molecular flexibility index (Phi) is 1.73. The van der Waals surface area contributed by atoms with E-state index in [-0.39, 0.29) is 0 Å².